The van der Waals surface area contributed by atoms with Crippen LogP contribution in [-0.2, 0) is 13.9 Å². The van der Waals surface area contributed by atoms with Gasteiger partial charge in [-0.05, 0) is 0 Å². The molecule has 43 heavy (non-hydrogen) atoms. The molecule has 9 heteroatoms. The van der Waals surface area contributed by atoms with Crippen molar-refractivity contribution in [3.63, 3.8) is 0 Å². The quantitative estimate of drug-likeness (QED) is 0.191. The van der Waals surface area contributed by atoms with Crippen molar-refractivity contribution in [3.8, 4) is 45.6 Å². The molecule has 2 aliphatic rings. The number of benzene rings is 4. The molecule has 5 heterocycles. The zero-order chi connectivity index (χ0) is 28.7. The molecule has 0 amide bonds. The summed E-state index contributed by atoms with van der Waals surface area (Å²) >= 11 is 0.0560. The fourth-order valence-electron chi connectivity index (χ4n) is 5.87. The second-order valence-corrected chi connectivity index (χ2v) is 12.9. The molecule has 0 saturated carbocycles. The zero-order valence-corrected chi connectivity index (χ0v) is 24.1. The van der Waals surface area contributed by atoms with Gasteiger partial charge in [-0.25, -0.2) is 0 Å². The Morgan fingerprint density at radius 2 is 0.814 bits per heavy atom. The first-order chi connectivity index (χ1) is 21.1. The summed E-state index contributed by atoms with van der Waals surface area (Å²) in [6, 6.07) is 30.6. The first-order valence-electron chi connectivity index (χ1n) is 13.7. The van der Waals surface area contributed by atoms with Gasteiger partial charge in [-0.15, -0.1) is 0 Å². The molecule has 0 aliphatic carbocycles. The normalized spacial score (nSPS) is 12.4. The number of hydrogen-bond donors (Lipinski definition) is 2. The summed E-state index contributed by atoms with van der Waals surface area (Å²) in [6.45, 7) is 0. The average Bonchev–Trinajstić information content (AvgIpc) is 3.76. The molecule has 0 atom stereocenters. The van der Waals surface area contributed by atoms with E-state index in [4.69, 9.17) is 29.9 Å². The van der Waals surface area contributed by atoms with E-state index in [0.29, 0.717) is 40.2 Å². The second kappa shape index (κ2) is 9.13. The van der Waals surface area contributed by atoms with Crippen LogP contribution in [0, 0.1) is 0 Å². The molecule has 0 spiro atoms. The molecule has 3 aromatic heterocycles. The molecular formula is C34H23CuN8. The number of hydrogen-bond acceptors (Lipinski definition) is 6. The van der Waals surface area contributed by atoms with Gasteiger partial charge < -0.3 is 0 Å². The average molecular weight is 607 g/mol. The number of nitrogens with one attached hydrogen (secondary N) is 2. The fraction of sp³-hybridized carbons (Fsp3) is 0.0588. The summed E-state index contributed by atoms with van der Waals surface area (Å²) in [7, 11) is 0. The molecule has 9 rings (SSSR count). The Morgan fingerprint density at radius 1 is 0.419 bits per heavy atom. The Morgan fingerprint density at radius 3 is 1.30 bits per heavy atom. The first-order valence-corrected chi connectivity index (χ1v) is 16.0. The van der Waals surface area contributed by atoms with Gasteiger partial charge in [0.1, 0.15) is 0 Å². The molecule has 7 aromatic rings. The standard InChI is InChI=1S/C32H17N8.2CH3.Cu/c1-2-10-18-17(9-1)25-33-26(18)38-28-21-13-5-6-14-22(21)30(35-28)40-32-24-16-8-7-15-23(24)31(36-32)39-29-20-12-4-3-11-19(20)27(34-29)37-25;;;/h1-15H,(H2,33,34,35,36,37,38,39,40);2*1H3;. The van der Waals surface area contributed by atoms with Gasteiger partial charge in [0.05, 0.1) is 0 Å². The molecule has 0 fully saturated rings. The van der Waals surface area contributed by atoms with Crippen molar-refractivity contribution >= 4 is 48.6 Å². The molecule has 210 valence electrons. The number of H-pyrrole nitrogens is 2. The van der Waals surface area contributed by atoms with Crippen molar-refractivity contribution < 1.29 is 13.9 Å². The Hall–Kier alpha value is -5.24. The zero-order valence-electron chi connectivity index (χ0n) is 23.1. The van der Waals surface area contributed by atoms with Gasteiger partial charge in [0.15, 0.2) is 0 Å². The van der Waals surface area contributed by atoms with Crippen LogP contribution in [-0.4, -0.2) is 39.9 Å². The van der Waals surface area contributed by atoms with Crippen molar-refractivity contribution in [2.24, 2.45) is 0 Å². The van der Waals surface area contributed by atoms with E-state index in [9.17, 15) is 0 Å². The van der Waals surface area contributed by atoms with Crippen molar-refractivity contribution in [2.75, 3.05) is 0 Å². The Labute approximate surface area is 249 Å². The Balaban J connectivity index is 1.52. The molecule has 8 bridgehead atoms. The minimum atomic E-state index is 0.0560. The Bertz CT molecular complexity index is 2450. The third-order valence-corrected chi connectivity index (χ3v) is 9.23. The van der Waals surface area contributed by atoms with Gasteiger partial charge in [0.2, 0.25) is 0 Å². The summed E-state index contributed by atoms with van der Waals surface area (Å²) in [5.41, 5.74) is 6.53. The van der Waals surface area contributed by atoms with Crippen molar-refractivity contribution in [2.45, 2.75) is 11.6 Å². The monoisotopic (exact) mass is 606 g/mol. The predicted octanol–water partition coefficient (Wildman–Crippen LogP) is 7.21. The molecule has 0 radical (unpaired) electrons. The summed E-state index contributed by atoms with van der Waals surface area (Å²) in [5.74, 6) is 6.85. The maximum atomic E-state index is 5.16. The predicted molar refractivity (Wildman–Crippen MR) is 167 cm³/mol. The molecule has 8 nitrogen and oxygen atoms in total. The van der Waals surface area contributed by atoms with Gasteiger partial charge in [0, 0.05) is 0 Å². The number of rotatable bonds is 1. The van der Waals surface area contributed by atoms with E-state index in [1.807, 2.05) is 72.8 Å². The van der Waals surface area contributed by atoms with E-state index >= 15 is 0 Å². The van der Waals surface area contributed by atoms with E-state index < -0.39 is 0 Å². The van der Waals surface area contributed by atoms with Crippen LogP contribution in [0.5, 0.6) is 0 Å². The number of nitrogens with zero attached hydrogens (tertiary/aromatic N) is 6. The maximum absolute atomic E-state index is 5.16. The summed E-state index contributed by atoms with van der Waals surface area (Å²) in [6.07, 6.45) is 0. The number of aromatic amines is 2. The van der Waals surface area contributed by atoms with Crippen LogP contribution < -0.4 is 4.46 Å². The molecule has 2 N–H and O–H groups in total. The van der Waals surface area contributed by atoms with E-state index in [0.717, 1.165) is 49.4 Å². The number of fused-ring (bicyclic) bond motifs is 20. The van der Waals surface area contributed by atoms with Crippen molar-refractivity contribution in [1.82, 2.24) is 39.9 Å². The van der Waals surface area contributed by atoms with Crippen molar-refractivity contribution in [3.05, 3.63) is 91.0 Å². The van der Waals surface area contributed by atoms with Crippen molar-refractivity contribution in [1.29, 1.82) is 0 Å². The van der Waals surface area contributed by atoms with E-state index in [-0.39, 0.29) is 13.9 Å². The summed E-state index contributed by atoms with van der Waals surface area (Å²) < 4.78 is 1.21. The minimum absolute atomic E-state index is 0.0560. The molecule has 4 aromatic carbocycles. The van der Waals surface area contributed by atoms with Crippen LogP contribution in [0.2, 0.25) is 11.6 Å². The fourth-order valence-corrected chi connectivity index (χ4v) is 6.99. The second-order valence-electron chi connectivity index (χ2n) is 10.5. The van der Waals surface area contributed by atoms with Gasteiger partial charge in [0.25, 0.3) is 0 Å². The van der Waals surface area contributed by atoms with Gasteiger partial charge in [-0.1, -0.05) is 6.07 Å². The summed E-state index contributed by atoms with van der Waals surface area (Å²) in [4.78, 5) is 37.4. The van der Waals surface area contributed by atoms with Gasteiger partial charge in [-0.2, -0.15) is 0 Å². The third-order valence-electron chi connectivity index (χ3n) is 7.82. The van der Waals surface area contributed by atoms with Crippen LogP contribution in [0.4, 0.5) is 0 Å². The topological polar surface area (TPSA) is 109 Å². The van der Waals surface area contributed by atoms with Crippen LogP contribution in [0.1, 0.15) is 0 Å². The molecular weight excluding hydrogens is 584 g/mol. The van der Waals surface area contributed by atoms with Crippen LogP contribution in [0.15, 0.2) is 91.0 Å². The van der Waals surface area contributed by atoms with E-state index in [1.165, 1.54) is 4.46 Å². The van der Waals surface area contributed by atoms with Gasteiger partial charge in [-0.3, -0.25) is 0 Å². The van der Waals surface area contributed by atoms with Crippen LogP contribution >= 0.6 is 0 Å². The van der Waals surface area contributed by atoms with Crippen LogP contribution in [0.25, 0.3) is 89.7 Å². The third kappa shape index (κ3) is 3.69. The number of aromatic nitrogens is 8. The van der Waals surface area contributed by atoms with Gasteiger partial charge >= 0.3 is 244 Å². The molecule has 0 saturated heterocycles. The van der Waals surface area contributed by atoms with E-state index in [2.05, 4.69) is 39.8 Å². The van der Waals surface area contributed by atoms with E-state index in [1.54, 1.807) is 0 Å². The Kier molecular flexibility index (Phi) is 5.17. The van der Waals surface area contributed by atoms with Crippen LogP contribution in [0.3, 0.4) is 0 Å². The molecule has 2 aliphatic heterocycles. The molecule has 0 unspecified atom stereocenters. The summed E-state index contributed by atoms with van der Waals surface area (Å²) in [5, 5.41) is 3.95. The SMILES string of the molecule is [CH3][Cu]([CH3])[c]1cccc2c3nc4nc(nc5[nH]c(nc6nc(nc([nH]3)c12)-c1ccccc1-6)c1ccccc51)-c1ccccc1-4. The first kappa shape index (κ1) is 24.4.